The minimum absolute atomic E-state index is 0.244. The molecule has 1 atom stereocenters. The Kier molecular flexibility index (Phi) is 6.06. The highest BCUT2D eigenvalue weighted by Gasteiger charge is 2.25. The molecule has 1 aromatic rings. The minimum Gasteiger partial charge on any atom is -0.309 e. The van der Waals surface area contributed by atoms with Crippen molar-refractivity contribution in [3.63, 3.8) is 0 Å². The van der Waals surface area contributed by atoms with Gasteiger partial charge in [-0.25, -0.2) is 0 Å². The molecule has 0 aromatic heterocycles. The normalized spacial score (nSPS) is 13.6. The average Bonchev–Trinajstić information content (AvgIpc) is 2.37. The molecule has 1 nitrogen and oxygen atoms in total. The molecule has 0 radical (unpaired) electrons. The van der Waals surface area contributed by atoms with Crippen molar-refractivity contribution in [2.24, 2.45) is 5.41 Å². The van der Waals surface area contributed by atoms with Crippen molar-refractivity contribution in [1.82, 2.24) is 5.32 Å². The monoisotopic (exact) mass is 261 g/mol. The molecule has 1 N–H and O–H groups in total. The second-order valence-electron chi connectivity index (χ2n) is 6.49. The van der Waals surface area contributed by atoms with E-state index in [4.69, 9.17) is 0 Å². The van der Waals surface area contributed by atoms with Crippen molar-refractivity contribution in [2.75, 3.05) is 6.54 Å². The second-order valence-corrected chi connectivity index (χ2v) is 6.49. The van der Waals surface area contributed by atoms with E-state index < -0.39 is 0 Å². The molecule has 1 heteroatoms. The molecule has 1 rings (SSSR count). The quantitative estimate of drug-likeness (QED) is 0.768. The van der Waals surface area contributed by atoms with Crippen molar-refractivity contribution < 1.29 is 0 Å². The maximum Gasteiger partial charge on any atom is 0.0369 e. The van der Waals surface area contributed by atoms with E-state index in [1.54, 1.807) is 0 Å². The highest BCUT2D eigenvalue weighted by atomic mass is 14.9. The lowest BCUT2D eigenvalue weighted by Crippen LogP contribution is -2.33. The molecule has 0 spiro atoms. The van der Waals surface area contributed by atoms with Gasteiger partial charge in [0.05, 0.1) is 0 Å². The van der Waals surface area contributed by atoms with E-state index in [1.165, 1.54) is 23.1 Å². The van der Waals surface area contributed by atoms with Crippen LogP contribution in [-0.4, -0.2) is 6.54 Å². The molecular formula is C18H31N. The van der Waals surface area contributed by atoms with Crippen LogP contribution >= 0.6 is 0 Å². The Labute approximate surface area is 119 Å². The van der Waals surface area contributed by atoms with Crippen LogP contribution in [0.1, 0.15) is 70.7 Å². The molecule has 19 heavy (non-hydrogen) atoms. The zero-order valence-corrected chi connectivity index (χ0v) is 13.6. The van der Waals surface area contributed by atoms with Crippen molar-refractivity contribution >= 4 is 0 Å². The summed E-state index contributed by atoms with van der Waals surface area (Å²) in [5, 5.41) is 3.71. The number of benzene rings is 1. The molecular weight excluding hydrogens is 230 g/mol. The van der Waals surface area contributed by atoms with Crippen molar-refractivity contribution in [1.29, 1.82) is 0 Å². The summed E-state index contributed by atoms with van der Waals surface area (Å²) in [5.74, 6) is 0. The van der Waals surface area contributed by atoms with Gasteiger partial charge in [-0.1, -0.05) is 59.7 Å². The van der Waals surface area contributed by atoms with Crippen LogP contribution < -0.4 is 5.32 Å². The Hall–Kier alpha value is -0.820. The van der Waals surface area contributed by atoms with Crippen LogP contribution in [0.4, 0.5) is 0 Å². The molecule has 0 aliphatic carbocycles. The summed E-state index contributed by atoms with van der Waals surface area (Å²) in [7, 11) is 0. The fraction of sp³-hybridized carbons (Fsp3) is 0.667. The van der Waals surface area contributed by atoms with E-state index in [1.807, 2.05) is 0 Å². The van der Waals surface area contributed by atoms with E-state index in [0.29, 0.717) is 6.04 Å². The standard InChI is InChI=1S/C18H31N/c1-7-12-19-17(18(4,5)6)16-11-10-14(8-2)15(9-3)13-16/h10-11,13,17,19H,7-9,12H2,1-6H3. The van der Waals surface area contributed by atoms with Crippen LogP contribution in [-0.2, 0) is 12.8 Å². The van der Waals surface area contributed by atoms with Gasteiger partial charge in [-0.05, 0) is 47.9 Å². The SMILES string of the molecule is CCCNC(c1ccc(CC)c(CC)c1)C(C)(C)C. The number of hydrogen-bond donors (Lipinski definition) is 1. The largest absolute Gasteiger partial charge is 0.309 e. The third-order valence-electron chi connectivity index (χ3n) is 3.79. The van der Waals surface area contributed by atoms with E-state index in [-0.39, 0.29) is 5.41 Å². The molecule has 1 aromatic carbocycles. The van der Waals surface area contributed by atoms with Crippen molar-refractivity contribution in [2.45, 2.75) is 66.8 Å². The zero-order chi connectivity index (χ0) is 14.5. The summed E-state index contributed by atoms with van der Waals surface area (Å²) in [6, 6.07) is 7.48. The van der Waals surface area contributed by atoms with Gasteiger partial charge in [0.1, 0.15) is 0 Å². The molecule has 0 saturated carbocycles. The van der Waals surface area contributed by atoms with Crippen LogP contribution in [0.25, 0.3) is 0 Å². The lowest BCUT2D eigenvalue weighted by molar-refractivity contribution is 0.273. The van der Waals surface area contributed by atoms with Crippen LogP contribution in [0.3, 0.4) is 0 Å². The Morgan fingerprint density at radius 1 is 1.00 bits per heavy atom. The Morgan fingerprint density at radius 2 is 1.63 bits per heavy atom. The van der Waals surface area contributed by atoms with Gasteiger partial charge >= 0.3 is 0 Å². The topological polar surface area (TPSA) is 12.0 Å². The summed E-state index contributed by atoms with van der Waals surface area (Å²) < 4.78 is 0. The minimum atomic E-state index is 0.244. The first-order valence-corrected chi connectivity index (χ1v) is 7.79. The molecule has 1 unspecified atom stereocenters. The van der Waals surface area contributed by atoms with Gasteiger partial charge in [0.15, 0.2) is 0 Å². The predicted octanol–water partition coefficient (Wildman–Crippen LogP) is 4.90. The summed E-state index contributed by atoms with van der Waals surface area (Å²) in [6.07, 6.45) is 3.44. The fourth-order valence-corrected chi connectivity index (χ4v) is 2.71. The Balaban J connectivity index is 3.08. The average molecular weight is 261 g/mol. The molecule has 0 bridgehead atoms. The number of rotatable bonds is 6. The van der Waals surface area contributed by atoms with Gasteiger partial charge in [-0.2, -0.15) is 0 Å². The van der Waals surface area contributed by atoms with E-state index in [9.17, 15) is 0 Å². The van der Waals surface area contributed by atoms with Crippen molar-refractivity contribution in [3.05, 3.63) is 34.9 Å². The summed E-state index contributed by atoms with van der Waals surface area (Å²) >= 11 is 0. The first-order valence-electron chi connectivity index (χ1n) is 7.79. The first-order chi connectivity index (χ1) is 8.93. The number of hydrogen-bond acceptors (Lipinski definition) is 1. The highest BCUT2D eigenvalue weighted by Crippen LogP contribution is 2.33. The number of aryl methyl sites for hydroxylation is 2. The van der Waals surface area contributed by atoms with E-state index >= 15 is 0 Å². The molecule has 0 amide bonds. The molecule has 0 saturated heterocycles. The molecule has 0 fully saturated rings. The van der Waals surface area contributed by atoms with Gasteiger partial charge in [-0.15, -0.1) is 0 Å². The fourth-order valence-electron chi connectivity index (χ4n) is 2.71. The van der Waals surface area contributed by atoms with Gasteiger partial charge in [0.25, 0.3) is 0 Å². The van der Waals surface area contributed by atoms with Gasteiger partial charge < -0.3 is 5.32 Å². The zero-order valence-electron chi connectivity index (χ0n) is 13.6. The van der Waals surface area contributed by atoms with Crippen molar-refractivity contribution in [3.8, 4) is 0 Å². The molecule has 0 heterocycles. The van der Waals surface area contributed by atoms with Crippen LogP contribution in [0, 0.1) is 5.41 Å². The smallest absolute Gasteiger partial charge is 0.0369 e. The lowest BCUT2D eigenvalue weighted by atomic mass is 9.81. The second kappa shape index (κ2) is 7.09. The highest BCUT2D eigenvalue weighted by molar-refractivity contribution is 5.34. The van der Waals surface area contributed by atoms with Crippen LogP contribution in [0.2, 0.25) is 0 Å². The van der Waals surface area contributed by atoms with Gasteiger partial charge in [0.2, 0.25) is 0 Å². The van der Waals surface area contributed by atoms with E-state index in [2.05, 4.69) is 65.1 Å². The van der Waals surface area contributed by atoms with Gasteiger partial charge in [-0.3, -0.25) is 0 Å². The summed E-state index contributed by atoms with van der Waals surface area (Å²) in [6.45, 7) is 14.8. The van der Waals surface area contributed by atoms with Gasteiger partial charge in [0, 0.05) is 6.04 Å². The Morgan fingerprint density at radius 3 is 2.11 bits per heavy atom. The summed E-state index contributed by atoms with van der Waals surface area (Å²) in [4.78, 5) is 0. The Bertz CT molecular complexity index is 387. The third kappa shape index (κ3) is 4.35. The summed E-state index contributed by atoms with van der Waals surface area (Å²) in [5.41, 5.74) is 4.69. The molecule has 108 valence electrons. The lowest BCUT2D eigenvalue weighted by Gasteiger charge is -2.32. The molecule has 0 aliphatic heterocycles. The maximum absolute atomic E-state index is 3.71. The molecule has 0 aliphatic rings. The third-order valence-corrected chi connectivity index (χ3v) is 3.79. The predicted molar refractivity (Wildman–Crippen MR) is 85.7 cm³/mol. The van der Waals surface area contributed by atoms with E-state index in [0.717, 1.165) is 19.4 Å². The number of nitrogens with one attached hydrogen (secondary N) is 1. The van der Waals surface area contributed by atoms with Crippen LogP contribution in [0.5, 0.6) is 0 Å². The van der Waals surface area contributed by atoms with Crippen LogP contribution in [0.15, 0.2) is 18.2 Å². The first kappa shape index (κ1) is 16.2. The maximum atomic E-state index is 3.71.